The van der Waals surface area contributed by atoms with Crippen molar-refractivity contribution in [1.82, 2.24) is 30.5 Å². The van der Waals surface area contributed by atoms with Crippen molar-refractivity contribution >= 4 is 27.8 Å². The molecule has 5 rings (SSSR count). The number of imidazole rings is 1. The Kier molecular flexibility index (Phi) is 4.24. The molecule has 1 amide bonds. The molecule has 3 heterocycles. The van der Waals surface area contributed by atoms with Crippen LogP contribution in [0.2, 0.25) is 0 Å². The van der Waals surface area contributed by atoms with Gasteiger partial charge in [0.1, 0.15) is 5.69 Å². The van der Waals surface area contributed by atoms with Crippen LogP contribution in [0.1, 0.15) is 29.1 Å². The molecule has 0 spiro atoms. The van der Waals surface area contributed by atoms with Gasteiger partial charge in [-0.15, -0.1) is 0 Å². The molecule has 0 aliphatic carbocycles. The summed E-state index contributed by atoms with van der Waals surface area (Å²) in [7, 11) is 0. The van der Waals surface area contributed by atoms with Crippen LogP contribution >= 0.6 is 0 Å². The van der Waals surface area contributed by atoms with E-state index in [2.05, 4.69) is 30.5 Å². The third-order valence-corrected chi connectivity index (χ3v) is 5.03. The van der Waals surface area contributed by atoms with Gasteiger partial charge >= 0.3 is 0 Å². The normalized spacial score (nSPS) is 12.3. The van der Waals surface area contributed by atoms with Gasteiger partial charge in [0, 0.05) is 23.2 Å². The standard InChI is InChI=1S/C22H17FN6O/c1-12(13-5-3-2-4-6-13)25-22(30)21-26-17-10-15-16(11-18(17)27-21)28-29-20(15)14-7-8-24-19(23)9-14/h2-12H,1H3,(H,25,30)(H,26,27)(H,28,29). The lowest BCUT2D eigenvalue weighted by molar-refractivity contribution is 0.0930. The molecular formula is C22H17FN6O. The number of hydrogen-bond donors (Lipinski definition) is 3. The van der Waals surface area contributed by atoms with E-state index in [4.69, 9.17) is 0 Å². The Morgan fingerprint density at radius 1 is 1.10 bits per heavy atom. The quantitative estimate of drug-likeness (QED) is 0.395. The summed E-state index contributed by atoms with van der Waals surface area (Å²) in [6.07, 6.45) is 1.40. The predicted octanol–water partition coefficient (Wildman–Crippen LogP) is 4.13. The number of nitrogens with one attached hydrogen (secondary N) is 3. The molecule has 8 heteroatoms. The van der Waals surface area contributed by atoms with E-state index in [1.807, 2.05) is 49.4 Å². The molecule has 3 N–H and O–H groups in total. The van der Waals surface area contributed by atoms with E-state index in [1.165, 1.54) is 12.3 Å². The van der Waals surface area contributed by atoms with Crippen LogP contribution in [0, 0.1) is 5.95 Å². The molecular weight excluding hydrogens is 383 g/mol. The number of rotatable bonds is 4. The Labute approximate surface area is 170 Å². The third-order valence-electron chi connectivity index (χ3n) is 5.03. The maximum atomic E-state index is 13.5. The first-order chi connectivity index (χ1) is 14.6. The molecule has 0 radical (unpaired) electrons. The van der Waals surface area contributed by atoms with Crippen molar-refractivity contribution in [2.45, 2.75) is 13.0 Å². The zero-order valence-corrected chi connectivity index (χ0v) is 16.0. The molecule has 0 fully saturated rings. The number of halogens is 1. The van der Waals surface area contributed by atoms with Crippen LogP contribution in [0.25, 0.3) is 33.2 Å². The number of H-pyrrole nitrogens is 2. The van der Waals surface area contributed by atoms with Gasteiger partial charge in [0.15, 0.2) is 5.82 Å². The van der Waals surface area contributed by atoms with Gasteiger partial charge in [0.05, 0.1) is 22.6 Å². The van der Waals surface area contributed by atoms with E-state index in [1.54, 1.807) is 6.07 Å². The minimum absolute atomic E-state index is 0.154. The van der Waals surface area contributed by atoms with Crippen LogP contribution in [-0.2, 0) is 0 Å². The maximum absolute atomic E-state index is 13.5. The second-order valence-corrected chi connectivity index (χ2v) is 7.05. The summed E-state index contributed by atoms with van der Waals surface area (Å²) < 4.78 is 13.5. The summed E-state index contributed by atoms with van der Waals surface area (Å²) in [5.74, 6) is -0.637. The van der Waals surface area contributed by atoms with Crippen LogP contribution in [-0.4, -0.2) is 31.1 Å². The van der Waals surface area contributed by atoms with Crippen LogP contribution in [0.3, 0.4) is 0 Å². The third kappa shape index (κ3) is 3.18. The topological polar surface area (TPSA) is 99.3 Å². The fourth-order valence-corrected chi connectivity index (χ4v) is 3.49. The molecule has 5 aromatic rings. The van der Waals surface area contributed by atoms with E-state index in [0.29, 0.717) is 22.3 Å². The number of nitrogens with zero attached hydrogens (tertiary/aromatic N) is 3. The van der Waals surface area contributed by atoms with E-state index in [-0.39, 0.29) is 17.8 Å². The summed E-state index contributed by atoms with van der Waals surface area (Å²) in [6.45, 7) is 1.92. The van der Waals surface area contributed by atoms with Gasteiger partial charge in [-0.05, 0) is 30.7 Å². The molecule has 148 valence electrons. The maximum Gasteiger partial charge on any atom is 0.287 e. The molecule has 0 aliphatic rings. The Morgan fingerprint density at radius 3 is 2.73 bits per heavy atom. The number of aromatic nitrogens is 5. The Hall–Kier alpha value is -4.07. The zero-order valence-electron chi connectivity index (χ0n) is 16.0. The number of aromatic amines is 2. The number of carbonyl (C=O) groups is 1. The van der Waals surface area contributed by atoms with Crippen LogP contribution in [0.15, 0.2) is 60.8 Å². The van der Waals surface area contributed by atoms with Gasteiger partial charge in [-0.25, -0.2) is 9.97 Å². The summed E-state index contributed by atoms with van der Waals surface area (Å²) in [5, 5.41) is 11.0. The zero-order chi connectivity index (χ0) is 20.7. The number of fused-ring (bicyclic) bond motifs is 2. The average Bonchev–Trinajstić information content (AvgIpc) is 3.36. The van der Waals surface area contributed by atoms with Crippen molar-refractivity contribution in [3.63, 3.8) is 0 Å². The molecule has 7 nitrogen and oxygen atoms in total. The highest BCUT2D eigenvalue weighted by molar-refractivity contribution is 6.02. The Morgan fingerprint density at radius 2 is 1.93 bits per heavy atom. The highest BCUT2D eigenvalue weighted by Gasteiger charge is 2.17. The second-order valence-electron chi connectivity index (χ2n) is 7.05. The van der Waals surface area contributed by atoms with E-state index < -0.39 is 5.95 Å². The summed E-state index contributed by atoms with van der Waals surface area (Å²) in [6, 6.07) is 16.2. The van der Waals surface area contributed by atoms with Gasteiger partial charge in [0.2, 0.25) is 5.95 Å². The number of pyridine rings is 1. The molecule has 1 atom stereocenters. The lowest BCUT2D eigenvalue weighted by atomic mass is 10.1. The molecule has 30 heavy (non-hydrogen) atoms. The van der Waals surface area contributed by atoms with Crippen LogP contribution in [0.5, 0.6) is 0 Å². The van der Waals surface area contributed by atoms with Gasteiger partial charge in [0.25, 0.3) is 5.91 Å². The van der Waals surface area contributed by atoms with Crippen molar-refractivity contribution in [2.75, 3.05) is 0 Å². The second kappa shape index (κ2) is 7.07. The average molecular weight is 400 g/mol. The molecule has 0 aliphatic heterocycles. The molecule has 0 bridgehead atoms. The molecule has 0 saturated heterocycles. The molecule has 2 aromatic carbocycles. The first-order valence-electron chi connectivity index (χ1n) is 9.44. The van der Waals surface area contributed by atoms with Crippen molar-refractivity contribution in [3.05, 3.63) is 78.1 Å². The van der Waals surface area contributed by atoms with Gasteiger partial charge < -0.3 is 10.3 Å². The molecule has 0 saturated carbocycles. The first-order valence-corrected chi connectivity index (χ1v) is 9.44. The van der Waals surface area contributed by atoms with Crippen LogP contribution in [0.4, 0.5) is 4.39 Å². The summed E-state index contributed by atoms with van der Waals surface area (Å²) in [5.41, 5.74) is 4.30. The summed E-state index contributed by atoms with van der Waals surface area (Å²) in [4.78, 5) is 23.8. The Bertz CT molecular complexity index is 1370. The smallest absolute Gasteiger partial charge is 0.287 e. The largest absolute Gasteiger partial charge is 0.343 e. The van der Waals surface area contributed by atoms with E-state index in [0.717, 1.165) is 16.5 Å². The van der Waals surface area contributed by atoms with Crippen molar-refractivity contribution in [1.29, 1.82) is 0 Å². The fraction of sp³-hybridized carbons (Fsp3) is 0.0909. The SMILES string of the molecule is CC(NC(=O)c1nc2cc3c(-c4ccnc(F)c4)n[nH]c3cc2[nH]1)c1ccccc1. The van der Waals surface area contributed by atoms with Gasteiger partial charge in [-0.1, -0.05) is 30.3 Å². The van der Waals surface area contributed by atoms with Crippen molar-refractivity contribution in [2.24, 2.45) is 0 Å². The first kappa shape index (κ1) is 18.0. The lowest BCUT2D eigenvalue weighted by Gasteiger charge is -2.12. The minimum atomic E-state index is -0.573. The molecule has 1 unspecified atom stereocenters. The van der Waals surface area contributed by atoms with Crippen molar-refractivity contribution < 1.29 is 9.18 Å². The van der Waals surface area contributed by atoms with Crippen LogP contribution < -0.4 is 5.32 Å². The number of hydrogen-bond acceptors (Lipinski definition) is 4. The minimum Gasteiger partial charge on any atom is -0.343 e. The lowest BCUT2D eigenvalue weighted by Crippen LogP contribution is -2.27. The monoisotopic (exact) mass is 400 g/mol. The number of benzene rings is 2. The van der Waals surface area contributed by atoms with E-state index in [9.17, 15) is 9.18 Å². The highest BCUT2D eigenvalue weighted by Crippen LogP contribution is 2.29. The van der Waals surface area contributed by atoms with Crippen molar-refractivity contribution in [3.8, 4) is 11.3 Å². The molecule has 3 aromatic heterocycles. The van der Waals surface area contributed by atoms with Gasteiger partial charge in [-0.3, -0.25) is 9.89 Å². The highest BCUT2D eigenvalue weighted by atomic mass is 19.1. The number of carbonyl (C=O) groups excluding carboxylic acids is 1. The number of amides is 1. The predicted molar refractivity (Wildman–Crippen MR) is 111 cm³/mol. The Balaban J connectivity index is 1.48. The van der Waals surface area contributed by atoms with Gasteiger partial charge in [-0.2, -0.15) is 9.49 Å². The summed E-state index contributed by atoms with van der Waals surface area (Å²) >= 11 is 0. The van der Waals surface area contributed by atoms with E-state index >= 15 is 0 Å². The fourth-order valence-electron chi connectivity index (χ4n) is 3.49.